The highest BCUT2D eigenvalue weighted by atomic mass is 16.2. The standard InChI is InChI=1S/C21H21N5O/c1-25-15-22-20(24-25)17-9-11-19(12-10-17)23-21(27)26-13-5-8-18(14-26)16-6-3-2-4-7-16/h2-4,6-12,15H,5,13-14H2,1H3,(H,23,27). The Morgan fingerprint density at radius 2 is 1.81 bits per heavy atom. The van der Waals surface area contributed by atoms with E-state index in [1.54, 1.807) is 11.0 Å². The molecule has 0 saturated heterocycles. The van der Waals surface area contributed by atoms with Crippen molar-refractivity contribution < 1.29 is 4.79 Å². The summed E-state index contributed by atoms with van der Waals surface area (Å²) in [5, 5.41) is 7.27. The summed E-state index contributed by atoms with van der Waals surface area (Å²) in [6.07, 6.45) is 4.74. The highest BCUT2D eigenvalue weighted by Crippen LogP contribution is 2.22. The van der Waals surface area contributed by atoms with Crippen molar-refractivity contribution >= 4 is 17.3 Å². The average Bonchev–Trinajstić information content (AvgIpc) is 3.16. The number of rotatable bonds is 3. The number of nitrogens with one attached hydrogen (secondary N) is 1. The number of hydrogen-bond donors (Lipinski definition) is 1. The molecule has 2 heterocycles. The van der Waals surface area contributed by atoms with Crippen LogP contribution >= 0.6 is 0 Å². The molecule has 4 rings (SSSR count). The number of urea groups is 1. The first-order chi connectivity index (χ1) is 13.2. The zero-order chi connectivity index (χ0) is 18.6. The van der Waals surface area contributed by atoms with Crippen LogP contribution in [0.2, 0.25) is 0 Å². The van der Waals surface area contributed by atoms with Gasteiger partial charge in [-0.15, -0.1) is 0 Å². The molecule has 0 unspecified atom stereocenters. The molecule has 0 radical (unpaired) electrons. The van der Waals surface area contributed by atoms with Gasteiger partial charge in [0.15, 0.2) is 5.82 Å². The van der Waals surface area contributed by atoms with Crippen LogP contribution in [0.4, 0.5) is 10.5 Å². The minimum Gasteiger partial charge on any atom is -0.320 e. The molecule has 1 aliphatic rings. The van der Waals surface area contributed by atoms with Crippen molar-refractivity contribution in [2.45, 2.75) is 6.42 Å². The maximum Gasteiger partial charge on any atom is 0.322 e. The molecule has 1 N–H and O–H groups in total. The van der Waals surface area contributed by atoms with Crippen LogP contribution in [0, 0.1) is 0 Å². The van der Waals surface area contributed by atoms with Gasteiger partial charge >= 0.3 is 6.03 Å². The van der Waals surface area contributed by atoms with Gasteiger partial charge in [-0.2, -0.15) is 5.10 Å². The first-order valence-corrected chi connectivity index (χ1v) is 8.95. The normalized spacial score (nSPS) is 14.0. The predicted molar refractivity (Wildman–Crippen MR) is 106 cm³/mol. The van der Waals surface area contributed by atoms with E-state index >= 15 is 0 Å². The van der Waals surface area contributed by atoms with Crippen molar-refractivity contribution in [2.24, 2.45) is 7.05 Å². The second-order valence-electron chi connectivity index (χ2n) is 6.55. The lowest BCUT2D eigenvalue weighted by atomic mass is 10.0. The molecule has 0 bridgehead atoms. The van der Waals surface area contributed by atoms with Gasteiger partial charge in [0.2, 0.25) is 0 Å². The Hall–Kier alpha value is -3.41. The Labute approximate surface area is 158 Å². The quantitative estimate of drug-likeness (QED) is 0.774. The zero-order valence-corrected chi connectivity index (χ0v) is 15.2. The van der Waals surface area contributed by atoms with Crippen LogP contribution in [0.5, 0.6) is 0 Å². The summed E-state index contributed by atoms with van der Waals surface area (Å²) in [5.41, 5.74) is 4.03. The lowest BCUT2D eigenvalue weighted by Crippen LogP contribution is -2.38. The molecule has 2 amide bonds. The lowest BCUT2D eigenvalue weighted by Gasteiger charge is -2.28. The molecule has 1 aliphatic heterocycles. The summed E-state index contributed by atoms with van der Waals surface area (Å²) in [4.78, 5) is 18.7. The Kier molecular flexibility index (Phi) is 4.70. The van der Waals surface area contributed by atoms with Crippen molar-refractivity contribution in [3.63, 3.8) is 0 Å². The van der Waals surface area contributed by atoms with E-state index in [9.17, 15) is 4.79 Å². The minimum absolute atomic E-state index is 0.0831. The summed E-state index contributed by atoms with van der Waals surface area (Å²) < 4.78 is 1.67. The van der Waals surface area contributed by atoms with Gasteiger partial charge in [-0.3, -0.25) is 4.68 Å². The second kappa shape index (κ2) is 7.45. The fraction of sp³-hybridized carbons (Fsp3) is 0.190. The number of nitrogens with zero attached hydrogens (tertiary/aromatic N) is 4. The van der Waals surface area contributed by atoms with E-state index in [0.29, 0.717) is 12.4 Å². The van der Waals surface area contributed by atoms with Crippen LogP contribution in [0.15, 0.2) is 67.0 Å². The van der Waals surface area contributed by atoms with Crippen LogP contribution in [0.1, 0.15) is 12.0 Å². The monoisotopic (exact) mass is 359 g/mol. The highest BCUT2D eigenvalue weighted by molar-refractivity contribution is 5.91. The van der Waals surface area contributed by atoms with Crippen LogP contribution < -0.4 is 5.32 Å². The summed E-state index contributed by atoms with van der Waals surface area (Å²) in [5.74, 6) is 0.670. The van der Waals surface area contributed by atoms with E-state index in [2.05, 4.69) is 33.6 Å². The largest absolute Gasteiger partial charge is 0.322 e. The molecule has 3 aromatic rings. The third-order valence-electron chi connectivity index (χ3n) is 4.58. The van der Waals surface area contributed by atoms with Crippen molar-refractivity contribution in [3.8, 4) is 11.4 Å². The van der Waals surface area contributed by atoms with E-state index in [1.807, 2.05) is 54.4 Å². The summed E-state index contributed by atoms with van der Waals surface area (Å²) >= 11 is 0. The number of benzene rings is 2. The number of carbonyl (C=O) groups excluding carboxylic acids is 1. The first-order valence-electron chi connectivity index (χ1n) is 8.95. The van der Waals surface area contributed by atoms with E-state index < -0.39 is 0 Å². The van der Waals surface area contributed by atoms with Crippen molar-refractivity contribution in [1.29, 1.82) is 0 Å². The molecule has 0 saturated carbocycles. The van der Waals surface area contributed by atoms with E-state index in [0.717, 1.165) is 24.2 Å². The van der Waals surface area contributed by atoms with Crippen molar-refractivity contribution in [1.82, 2.24) is 19.7 Å². The third kappa shape index (κ3) is 3.89. The molecule has 136 valence electrons. The van der Waals surface area contributed by atoms with Gasteiger partial charge in [0.25, 0.3) is 0 Å². The van der Waals surface area contributed by atoms with E-state index in [-0.39, 0.29) is 6.03 Å². The maximum atomic E-state index is 12.7. The van der Waals surface area contributed by atoms with Gasteiger partial charge in [-0.25, -0.2) is 9.78 Å². The van der Waals surface area contributed by atoms with Gasteiger partial charge < -0.3 is 10.2 Å². The smallest absolute Gasteiger partial charge is 0.320 e. The first kappa shape index (κ1) is 17.0. The van der Waals surface area contributed by atoms with Gasteiger partial charge in [-0.1, -0.05) is 36.4 Å². The molecular weight excluding hydrogens is 338 g/mol. The van der Waals surface area contributed by atoms with Gasteiger partial charge in [0.05, 0.1) is 0 Å². The topological polar surface area (TPSA) is 63.1 Å². The van der Waals surface area contributed by atoms with Gasteiger partial charge in [0, 0.05) is 31.4 Å². The predicted octanol–water partition coefficient (Wildman–Crippen LogP) is 3.80. The Morgan fingerprint density at radius 1 is 1.04 bits per heavy atom. The number of aryl methyl sites for hydroxylation is 1. The van der Waals surface area contributed by atoms with E-state index in [4.69, 9.17) is 0 Å². The van der Waals surface area contributed by atoms with Crippen molar-refractivity contribution in [3.05, 3.63) is 72.6 Å². The van der Waals surface area contributed by atoms with Crippen LogP contribution in [0.3, 0.4) is 0 Å². The fourth-order valence-corrected chi connectivity index (χ4v) is 3.16. The molecular formula is C21H21N5O. The number of carbonyl (C=O) groups is 1. The maximum absolute atomic E-state index is 12.7. The molecule has 0 atom stereocenters. The van der Waals surface area contributed by atoms with Crippen molar-refractivity contribution in [2.75, 3.05) is 18.4 Å². The average molecular weight is 359 g/mol. The Balaban J connectivity index is 1.41. The van der Waals surface area contributed by atoms with Crippen LogP contribution in [-0.4, -0.2) is 38.8 Å². The molecule has 27 heavy (non-hydrogen) atoms. The zero-order valence-electron chi connectivity index (χ0n) is 15.2. The number of amides is 2. The Morgan fingerprint density at radius 3 is 2.52 bits per heavy atom. The van der Waals surface area contributed by atoms with Gasteiger partial charge in [-0.05, 0) is 41.8 Å². The van der Waals surface area contributed by atoms with Crippen LogP contribution in [-0.2, 0) is 7.05 Å². The summed E-state index contributed by atoms with van der Waals surface area (Å²) in [6.45, 7) is 1.34. The summed E-state index contributed by atoms with van der Waals surface area (Å²) in [6, 6.07) is 17.7. The minimum atomic E-state index is -0.0831. The molecule has 6 nitrogen and oxygen atoms in total. The van der Waals surface area contributed by atoms with Gasteiger partial charge in [0.1, 0.15) is 6.33 Å². The SMILES string of the molecule is Cn1cnc(-c2ccc(NC(=O)N3CCC=C(c4ccccc4)C3)cc2)n1. The molecule has 0 spiro atoms. The number of hydrogen-bond acceptors (Lipinski definition) is 3. The lowest BCUT2D eigenvalue weighted by molar-refractivity contribution is 0.217. The number of anilines is 1. The highest BCUT2D eigenvalue weighted by Gasteiger charge is 2.19. The van der Waals surface area contributed by atoms with E-state index in [1.165, 1.54) is 11.1 Å². The van der Waals surface area contributed by atoms with Crippen LogP contribution in [0.25, 0.3) is 17.0 Å². The second-order valence-corrected chi connectivity index (χ2v) is 6.55. The number of aromatic nitrogens is 3. The third-order valence-corrected chi connectivity index (χ3v) is 4.58. The molecule has 0 aliphatic carbocycles. The molecule has 6 heteroatoms. The molecule has 0 fully saturated rings. The summed E-state index contributed by atoms with van der Waals surface area (Å²) in [7, 11) is 1.84. The molecule has 2 aromatic carbocycles. The fourth-order valence-electron chi connectivity index (χ4n) is 3.16. The Bertz CT molecular complexity index is 960. The molecule has 1 aromatic heterocycles.